The minimum atomic E-state index is -1.06. The summed E-state index contributed by atoms with van der Waals surface area (Å²) in [5.74, 6) is 0.526. The molecule has 0 radical (unpaired) electrons. The van der Waals surface area contributed by atoms with Crippen LogP contribution in [0.5, 0.6) is 0 Å². The van der Waals surface area contributed by atoms with Gasteiger partial charge in [0.05, 0.1) is 5.69 Å². The molecule has 0 aromatic heterocycles. The van der Waals surface area contributed by atoms with E-state index in [1.165, 1.54) is 64.0 Å². The quantitative estimate of drug-likeness (QED) is 0.174. The summed E-state index contributed by atoms with van der Waals surface area (Å²) in [4.78, 5) is 13.9. The van der Waals surface area contributed by atoms with E-state index in [0.717, 1.165) is 16.3 Å². The van der Waals surface area contributed by atoms with Crippen molar-refractivity contribution in [1.82, 2.24) is 0 Å². The van der Waals surface area contributed by atoms with Crippen molar-refractivity contribution >= 4 is 57.7 Å². The smallest absolute Gasteiger partial charge is 0.409 e. The fourth-order valence-electron chi connectivity index (χ4n) is 7.66. The monoisotopic (exact) mass is 624 g/mol. The largest absolute Gasteiger partial charge is 0.465 e. The van der Waals surface area contributed by atoms with Gasteiger partial charge in [-0.15, -0.1) is 0 Å². The molecule has 0 spiro atoms. The summed E-state index contributed by atoms with van der Waals surface area (Å²) >= 11 is 0. The molecule has 48 heavy (non-hydrogen) atoms. The Hall–Kier alpha value is -5.87. The highest BCUT2D eigenvalue weighted by Crippen LogP contribution is 2.52. The van der Waals surface area contributed by atoms with Crippen molar-refractivity contribution in [2.45, 2.75) is 31.2 Å². The number of carboxylic acid groups (broad SMARTS) is 1. The summed E-state index contributed by atoms with van der Waals surface area (Å²) in [6, 6.07) is 49.4. The van der Waals surface area contributed by atoms with Gasteiger partial charge in [-0.2, -0.15) is 0 Å². The van der Waals surface area contributed by atoms with Gasteiger partial charge in [-0.3, -0.25) is 5.32 Å². The molecule has 1 amide bonds. The first-order valence-electron chi connectivity index (χ1n) is 16.7. The molecule has 2 aliphatic rings. The molecule has 234 valence electrons. The highest BCUT2D eigenvalue weighted by atomic mass is 16.4. The molecule has 0 bridgehead atoms. The van der Waals surface area contributed by atoms with E-state index in [9.17, 15) is 9.90 Å². The van der Waals surface area contributed by atoms with Crippen molar-refractivity contribution in [3.63, 3.8) is 0 Å². The number of nitrogens with one attached hydrogen (secondary N) is 1. The third kappa shape index (κ3) is 5.67. The van der Waals surface area contributed by atoms with Crippen LogP contribution in [0.25, 0.3) is 34.6 Å². The molecule has 1 heterocycles. The molecule has 6 aromatic carbocycles. The molecular weight excluding hydrogens is 588 g/mol. The van der Waals surface area contributed by atoms with Crippen molar-refractivity contribution in [2.24, 2.45) is 0 Å². The number of fused-ring (bicyclic) bond motifs is 4. The molecule has 1 aliphatic carbocycles. The lowest BCUT2D eigenvalue weighted by Crippen LogP contribution is -2.26. The molecule has 2 N–H and O–H groups in total. The van der Waals surface area contributed by atoms with Crippen LogP contribution < -0.4 is 10.2 Å². The zero-order chi connectivity index (χ0) is 32.5. The number of hydrogen-bond acceptors (Lipinski definition) is 2. The maximum Gasteiger partial charge on any atom is 0.409 e. The molecule has 4 heteroatoms. The Balaban J connectivity index is 1.09. The lowest BCUT2D eigenvalue weighted by Gasteiger charge is -2.27. The second-order valence-electron chi connectivity index (χ2n) is 12.7. The van der Waals surface area contributed by atoms with E-state index in [1.807, 2.05) is 36.4 Å². The Labute approximate surface area is 281 Å². The zero-order valence-corrected chi connectivity index (χ0v) is 26.6. The third-order valence-electron chi connectivity index (χ3n) is 9.83. The Morgan fingerprint density at radius 3 is 2.06 bits per heavy atom. The van der Waals surface area contributed by atoms with Gasteiger partial charge >= 0.3 is 6.09 Å². The maximum absolute atomic E-state index is 11.3. The summed E-state index contributed by atoms with van der Waals surface area (Å²) in [5.41, 5.74) is 11.6. The van der Waals surface area contributed by atoms with Crippen LogP contribution in [0.3, 0.4) is 0 Å². The molecule has 1 aliphatic heterocycles. The second-order valence-corrected chi connectivity index (χ2v) is 12.7. The SMILES string of the molecule is O=C(O)Nc1ccc(/C=C/c2ccc3c(c2)C2CCCC2N3c2ccc(C=C(c3ccccc3)c3ccccc3)cc2)c2ccccc12. The van der Waals surface area contributed by atoms with E-state index in [0.29, 0.717) is 17.6 Å². The molecule has 8 rings (SSSR count). The summed E-state index contributed by atoms with van der Waals surface area (Å²) < 4.78 is 0. The molecule has 2 atom stereocenters. The van der Waals surface area contributed by atoms with Gasteiger partial charge in [0.2, 0.25) is 0 Å². The van der Waals surface area contributed by atoms with Gasteiger partial charge in [-0.1, -0.05) is 128 Å². The Morgan fingerprint density at radius 2 is 1.35 bits per heavy atom. The van der Waals surface area contributed by atoms with Gasteiger partial charge in [-0.05, 0) is 93.6 Å². The lowest BCUT2D eigenvalue weighted by atomic mass is 9.95. The van der Waals surface area contributed by atoms with Crippen LogP contribution >= 0.6 is 0 Å². The number of anilines is 3. The van der Waals surface area contributed by atoms with Crippen molar-refractivity contribution < 1.29 is 9.90 Å². The van der Waals surface area contributed by atoms with Crippen LogP contribution in [-0.4, -0.2) is 17.2 Å². The number of hydrogen-bond donors (Lipinski definition) is 2. The van der Waals surface area contributed by atoms with Crippen LogP contribution in [0.15, 0.2) is 140 Å². The minimum absolute atomic E-state index is 0.475. The third-order valence-corrected chi connectivity index (χ3v) is 9.83. The Bertz CT molecular complexity index is 2130. The summed E-state index contributed by atoms with van der Waals surface area (Å²) in [7, 11) is 0. The summed E-state index contributed by atoms with van der Waals surface area (Å²) in [6.45, 7) is 0. The van der Waals surface area contributed by atoms with Crippen molar-refractivity contribution in [1.29, 1.82) is 0 Å². The van der Waals surface area contributed by atoms with Gasteiger partial charge < -0.3 is 10.0 Å². The van der Waals surface area contributed by atoms with Crippen molar-refractivity contribution in [3.05, 3.63) is 173 Å². The number of nitrogens with zero attached hydrogens (tertiary/aromatic N) is 1. The molecule has 1 fully saturated rings. The van der Waals surface area contributed by atoms with Crippen molar-refractivity contribution in [2.75, 3.05) is 10.2 Å². The summed E-state index contributed by atoms with van der Waals surface area (Å²) in [6.07, 6.45) is 9.20. The molecule has 2 unspecified atom stereocenters. The average Bonchev–Trinajstić information content (AvgIpc) is 3.72. The molecule has 6 aromatic rings. The first-order chi connectivity index (χ1) is 23.6. The van der Waals surface area contributed by atoms with E-state index >= 15 is 0 Å². The minimum Gasteiger partial charge on any atom is -0.465 e. The summed E-state index contributed by atoms with van der Waals surface area (Å²) in [5, 5.41) is 13.7. The lowest BCUT2D eigenvalue weighted by molar-refractivity contribution is 0.210. The number of amides is 1. The fourth-order valence-corrected chi connectivity index (χ4v) is 7.66. The average molecular weight is 625 g/mol. The number of rotatable bonds is 7. The van der Waals surface area contributed by atoms with Gasteiger partial charge in [-0.25, -0.2) is 4.79 Å². The van der Waals surface area contributed by atoms with Gasteiger partial charge in [0.15, 0.2) is 0 Å². The highest BCUT2D eigenvalue weighted by Gasteiger charge is 2.42. The Morgan fingerprint density at radius 1 is 0.688 bits per heavy atom. The van der Waals surface area contributed by atoms with E-state index in [-0.39, 0.29) is 0 Å². The Kier molecular flexibility index (Phi) is 7.83. The van der Waals surface area contributed by atoms with Crippen LogP contribution in [0, 0.1) is 0 Å². The van der Waals surface area contributed by atoms with E-state index in [1.54, 1.807) is 0 Å². The van der Waals surface area contributed by atoms with Gasteiger partial charge in [0, 0.05) is 28.7 Å². The van der Waals surface area contributed by atoms with Crippen LogP contribution in [0.4, 0.5) is 21.9 Å². The first kappa shape index (κ1) is 29.5. The molecule has 1 saturated carbocycles. The van der Waals surface area contributed by atoms with E-state index in [2.05, 4.69) is 132 Å². The van der Waals surface area contributed by atoms with Gasteiger partial charge in [0.25, 0.3) is 0 Å². The van der Waals surface area contributed by atoms with E-state index in [4.69, 9.17) is 0 Å². The molecule has 4 nitrogen and oxygen atoms in total. The van der Waals surface area contributed by atoms with E-state index < -0.39 is 6.09 Å². The second kappa shape index (κ2) is 12.7. The van der Waals surface area contributed by atoms with Crippen LogP contribution in [0.2, 0.25) is 0 Å². The van der Waals surface area contributed by atoms with Crippen LogP contribution in [-0.2, 0) is 0 Å². The highest BCUT2D eigenvalue weighted by molar-refractivity contribution is 6.04. The van der Waals surface area contributed by atoms with Crippen LogP contribution in [0.1, 0.15) is 58.6 Å². The predicted octanol–water partition coefficient (Wildman–Crippen LogP) is 11.5. The maximum atomic E-state index is 11.3. The topological polar surface area (TPSA) is 52.6 Å². The predicted molar refractivity (Wildman–Crippen MR) is 200 cm³/mol. The standard InChI is InChI=1S/C44H36N2O2/c47-44(48)45-41-26-23-34(36-14-7-8-15-37(36)41)22-18-30-21-27-43-40(29-30)38-16-9-17-42(38)46(43)35-24-19-31(20-25-35)28-39(32-10-3-1-4-11-32)33-12-5-2-6-13-33/h1-8,10-15,18-29,38,42,45H,9,16-17H2,(H,47,48)/b22-18+. The molecular formula is C44H36N2O2. The molecule has 0 saturated heterocycles. The first-order valence-corrected chi connectivity index (χ1v) is 16.7. The number of benzene rings is 6. The zero-order valence-electron chi connectivity index (χ0n) is 26.6. The fraction of sp³-hybridized carbons (Fsp3) is 0.114. The van der Waals surface area contributed by atoms with Gasteiger partial charge in [0.1, 0.15) is 0 Å². The number of carbonyl (C=O) groups is 1. The van der Waals surface area contributed by atoms with Crippen molar-refractivity contribution in [3.8, 4) is 0 Å². The normalized spacial score (nSPS) is 16.5.